The van der Waals surface area contributed by atoms with Crippen LogP contribution in [0.25, 0.3) is 11.0 Å². The minimum Gasteiger partial charge on any atom is -0.329 e. The second-order valence-corrected chi connectivity index (χ2v) is 5.20. The average molecular weight is 247 g/mol. The van der Waals surface area contributed by atoms with E-state index in [9.17, 15) is 4.39 Å². The van der Waals surface area contributed by atoms with E-state index in [1.54, 1.807) is 0 Å². The Labute approximate surface area is 106 Å². The number of aryl methyl sites for hydroxylation is 1. The molecule has 1 aliphatic rings. The van der Waals surface area contributed by atoms with Gasteiger partial charge >= 0.3 is 0 Å². The van der Waals surface area contributed by atoms with E-state index in [2.05, 4.69) is 16.5 Å². The molecule has 0 unspecified atom stereocenters. The zero-order valence-corrected chi connectivity index (χ0v) is 10.6. The number of hydrogen-bond acceptors (Lipinski definition) is 2. The van der Waals surface area contributed by atoms with Crippen molar-refractivity contribution in [3.8, 4) is 0 Å². The summed E-state index contributed by atoms with van der Waals surface area (Å²) < 4.78 is 15.5. The molecule has 1 aromatic heterocycles. The predicted molar refractivity (Wildman–Crippen MR) is 69.9 cm³/mol. The van der Waals surface area contributed by atoms with Gasteiger partial charge in [-0.1, -0.05) is 6.92 Å². The summed E-state index contributed by atoms with van der Waals surface area (Å²) in [6, 6.07) is 4.84. The molecule has 0 radical (unpaired) electrons. The lowest BCUT2D eigenvalue weighted by Crippen LogP contribution is -2.24. The number of aromatic nitrogens is 2. The van der Waals surface area contributed by atoms with E-state index in [0.717, 1.165) is 42.7 Å². The van der Waals surface area contributed by atoms with Crippen LogP contribution in [0.1, 0.15) is 32.0 Å². The van der Waals surface area contributed by atoms with Gasteiger partial charge in [0, 0.05) is 24.6 Å². The molecule has 96 valence electrons. The molecule has 0 atom stereocenters. The topological polar surface area (TPSA) is 43.8 Å². The van der Waals surface area contributed by atoms with E-state index in [4.69, 9.17) is 5.73 Å². The van der Waals surface area contributed by atoms with E-state index in [0.29, 0.717) is 6.54 Å². The Morgan fingerprint density at radius 3 is 2.83 bits per heavy atom. The van der Waals surface area contributed by atoms with Crippen LogP contribution in [0.3, 0.4) is 0 Å². The fraction of sp³-hybridized carbons (Fsp3) is 0.500. The Morgan fingerprint density at radius 1 is 1.44 bits per heavy atom. The molecule has 1 fully saturated rings. The third kappa shape index (κ3) is 1.63. The van der Waals surface area contributed by atoms with Gasteiger partial charge in [0.1, 0.15) is 11.6 Å². The summed E-state index contributed by atoms with van der Waals surface area (Å²) in [7, 11) is 0. The monoisotopic (exact) mass is 247 g/mol. The molecule has 0 amide bonds. The average Bonchev–Trinajstić information content (AvgIpc) is 3.08. The molecule has 0 saturated heterocycles. The molecule has 2 aromatic rings. The molecular formula is C14H18FN3. The van der Waals surface area contributed by atoms with Crippen molar-refractivity contribution in [1.29, 1.82) is 0 Å². The fourth-order valence-corrected chi connectivity index (χ4v) is 2.63. The lowest BCUT2D eigenvalue weighted by atomic mass is 10.1. The highest BCUT2D eigenvalue weighted by Gasteiger charge is 2.46. The van der Waals surface area contributed by atoms with Crippen LogP contribution >= 0.6 is 0 Å². The first kappa shape index (κ1) is 11.7. The van der Waals surface area contributed by atoms with Gasteiger partial charge in [-0.2, -0.15) is 0 Å². The minimum absolute atomic E-state index is 0.0463. The van der Waals surface area contributed by atoms with Crippen molar-refractivity contribution < 1.29 is 4.39 Å². The normalized spacial score (nSPS) is 17.3. The smallest absolute Gasteiger partial charge is 0.125 e. The summed E-state index contributed by atoms with van der Waals surface area (Å²) in [6.07, 6.45) is 3.23. The van der Waals surface area contributed by atoms with Gasteiger partial charge in [-0.15, -0.1) is 0 Å². The van der Waals surface area contributed by atoms with Crippen molar-refractivity contribution in [3.63, 3.8) is 0 Å². The highest BCUT2D eigenvalue weighted by Crippen LogP contribution is 2.47. The molecule has 1 saturated carbocycles. The molecule has 1 aromatic carbocycles. The van der Waals surface area contributed by atoms with Crippen molar-refractivity contribution in [2.75, 3.05) is 6.54 Å². The van der Waals surface area contributed by atoms with Gasteiger partial charge in [0.15, 0.2) is 0 Å². The molecule has 0 spiro atoms. The second-order valence-electron chi connectivity index (χ2n) is 5.20. The van der Waals surface area contributed by atoms with Gasteiger partial charge in [0.05, 0.1) is 11.0 Å². The first-order chi connectivity index (χ1) is 8.70. The van der Waals surface area contributed by atoms with E-state index in [1.807, 2.05) is 6.07 Å². The molecule has 0 aliphatic heterocycles. The first-order valence-electron chi connectivity index (χ1n) is 6.56. The summed E-state index contributed by atoms with van der Waals surface area (Å²) in [4.78, 5) is 4.64. The van der Waals surface area contributed by atoms with Crippen LogP contribution in [0.4, 0.5) is 4.39 Å². The highest BCUT2D eigenvalue weighted by atomic mass is 19.1. The number of hydrogen-bond donors (Lipinski definition) is 1. The van der Waals surface area contributed by atoms with Crippen molar-refractivity contribution in [2.45, 2.75) is 38.1 Å². The van der Waals surface area contributed by atoms with Crippen LogP contribution in [0.15, 0.2) is 18.2 Å². The van der Waals surface area contributed by atoms with Crippen LogP contribution in [0, 0.1) is 5.82 Å². The van der Waals surface area contributed by atoms with Crippen molar-refractivity contribution in [1.82, 2.24) is 9.55 Å². The first-order valence-corrected chi connectivity index (χ1v) is 6.56. The van der Waals surface area contributed by atoms with E-state index < -0.39 is 0 Å². The summed E-state index contributed by atoms with van der Waals surface area (Å²) in [5, 5.41) is 0. The van der Waals surface area contributed by atoms with Crippen molar-refractivity contribution in [3.05, 3.63) is 29.8 Å². The Bertz CT molecular complexity index is 584. The Morgan fingerprint density at radius 2 is 2.22 bits per heavy atom. The standard InChI is InChI=1S/C14H18FN3/c1-2-7-18-12-4-3-10(15)8-11(12)17-13(18)14(9-16)5-6-14/h3-4,8H,2,5-7,9,16H2,1H3. The maximum Gasteiger partial charge on any atom is 0.125 e. The van der Waals surface area contributed by atoms with Gasteiger partial charge < -0.3 is 10.3 Å². The quantitative estimate of drug-likeness (QED) is 0.902. The zero-order valence-electron chi connectivity index (χ0n) is 10.6. The van der Waals surface area contributed by atoms with Gasteiger partial charge in [-0.05, 0) is 31.4 Å². The number of nitrogens with two attached hydrogens (primary N) is 1. The fourth-order valence-electron chi connectivity index (χ4n) is 2.63. The molecule has 3 nitrogen and oxygen atoms in total. The maximum atomic E-state index is 13.3. The van der Waals surface area contributed by atoms with E-state index >= 15 is 0 Å². The van der Waals surface area contributed by atoms with Crippen LogP contribution < -0.4 is 5.73 Å². The third-order valence-corrected chi connectivity index (χ3v) is 3.88. The largest absolute Gasteiger partial charge is 0.329 e. The summed E-state index contributed by atoms with van der Waals surface area (Å²) in [6.45, 7) is 3.68. The molecule has 3 rings (SSSR count). The molecule has 18 heavy (non-hydrogen) atoms. The summed E-state index contributed by atoms with van der Waals surface area (Å²) in [5.41, 5.74) is 7.71. The lowest BCUT2D eigenvalue weighted by molar-refractivity contribution is 0.572. The number of nitrogens with zero attached hydrogens (tertiary/aromatic N) is 2. The Balaban J connectivity index is 2.20. The summed E-state index contributed by atoms with van der Waals surface area (Å²) in [5.74, 6) is 0.820. The predicted octanol–water partition coefficient (Wildman–Crippen LogP) is 2.58. The number of rotatable bonds is 4. The van der Waals surface area contributed by atoms with Gasteiger partial charge in [-0.3, -0.25) is 0 Å². The molecule has 0 bridgehead atoms. The molecular weight excluding hydrogens is 229 g/mol. The highest BCUT2D eigenvalue weighted by molar-refractivity contribution is 5.76. The molecule has 4 heteroatoms. The molecule has 1 aliphatic carbocycles. The third-order valence-electron chi connectivity index (χ3n) is 3.88. The zero-order chi connectivity index (χ0) is 12.8. The van der Waals surface area contributed by atoms with Crippen LogP contribution in [0.2, 0.25) is 0 Å². The van der Waals surface area contributed by atoms with Gasteiger partial charge in [0.25, 0.3) is 0 Å². The number of fused-ring (bicyclic) bond motifs is 1. The Kier molecular flexibility index (Phi) is 2.63. The number of imidazole rings is 1. The van der Waals surface area contributed by atoms with Crippen LogP contribution in [-0.2, 0) is 12.0 Å². The second kappa shape index (κ2) is 4.05. The van der Waals surface area contributed by atoms with Crippen molar-refractivity contribution in [2.24, 2.45) is 5.73 Å². The summed E-state index contributed by atoms with van der Waals surface area (Å²) >= 11 is 0. The van der Waals surface area contributed by atoms with Crippen molar-refractivity contribution >= 4 is 11.0 Å². The van der Waals surface area contributed by atoms with E-state index in [1.165, 1.54) is 12.1 Å². The Hall–Kier alpha value is -1.42. The van der Waals surface area contributed by atoms with E-state index in [-0.39, 0.29) is 11.2 Å². The van der Waals surface area contributed by atoms with Gasteiger partial charge in [-0.25, -0.2) is 9.37 Å². The van der Waals surface area contributed by atoms with Crippen LogP contribution in [-0.4, -0.2) is 16.1 Å². The maximum absolute atomic E-state index is 13.3. The van der Waals surface area contributed by atoms with Gasteiger partial charge in [0.2, 0.25) is 0 Å². The minimum atomic E-state index is -0.229. The molecule has 1 heterocycles. The number of benzene rings is 1. The van der Waals surface area contributed by atoms with Crippen LogP contribution in [0.5, 0.6) is 0 Å². The number of halogens is 1. The SMILES string of the molecule is CCCn1c(C2(CN)CC2)nc2cc(F)ccc21. The lowest BCUT2D eigenvalue weighted by Gasteiger charge is -2.14. The molecule has 2 N–H and O–H groups in total.